The van der Waals surface area contributed by atoms with Gasteiger partial charge in [0, 0.05) is 34.4 Å². The summed E-state index contributed by atoms with van der Waals surface area (Å²) in [5, 5.41) is 13.1. The van der Waals surface area contributed by atoms with E-state index in [9.17, 15) is 14.7 Å². The third-order valence-corrected chi connectivity index (χ3v) is 5.38. The highest BCUT2D eigenvalue weighted by molar-refractivity contribution is 6.30. The Labute approximate surface area is 162 Å². The molecule has 2 aliphatic rings. The average Bonchev–Trinajstić information content (AvgIpc) is 2.67. The van der Waals surface area contributed by atoms with Crippen LogP contribution in [0.4, 0.5) is 11.4 Å². The number of para-hydroxylation sites is 1. The minimum Gasteiger partial charge on any atom is -0.480 e. The van der Waals surface area contributed by atoms with Crippen molar-refractivity contribution in [3.8, 4) is 0 Å². The second-order valence-corrected chi connectivity index (χ2v) is 7.23. The van der Waals surface area contributed by atoms with Crippen LogP contribution in [0.2, 0.25) is 5.02 Å². The van der Waals surface area contributed by atoms with Crippen molar-refractivity contribution in [2.45, 2.75) is 24.8 Å². The molecule has 5 nitrogen and oxygen atoms in total. The fraction of sp³-hybridized carbons (Fsp3) is 0.238. The van der Waals surface area contributed by atoms with Crippen molar-refractivity contribution in [2.24, 2.45) is 0 Å². The molecule has 2 aliphatic heterocycles. The zero-order chi connectivity index (χ0) is 19.0. The molecule has 2 atom stereocenters. The largest absolute Gasteiger partial charge is 0.480 e. The van der Waals surface area contributed by atoms with Gasteiger partial charge < -0.3 is 15.3 Å². The van der Waals surface area contributed by atoms with Gasteiger partial charge in [0.25, 0.3) is 5.91 Å². The second-order valence-electron chi connectivity index (χ2n) is 6.80. The number of hydrogen-bond donors (Lipinski definition) is 2. The van der Waals surface area contributed by atoms with Crippen LogP contribution in [0.15, 0.2) is 60.2 Å². The molecule has 0 aliphatic carbocycles. The lowest BCUT2D eigenvalue weighted by atomic mass is 9.80. The number of carbonyl (C=O) groups is 2. The molecule has 0 radical (unpaired) electrons. The Morgan fingerprint density at radius 2 is 1.96 bits per heavy atom. The first-order chi connectivity index (χ1) is 13.0. The molecule has 0 aromatic heterocycles. The van der Waals surface area contributed by atoms with Gasteiger partial charge in [0.05, 0.1) is 0 Å². The summed E-state index contributed by atoms with van der Waals surface area (Å²) in [6.07, 6.45) is 3.01. The molecule has 1 amide bonds. The first-order valence-electron chi connectivity index (χ1n) is 8.90. The van der Waals surface area contributed by atoms with Crippen LogP contribution >= 0.6 is 11.6 Å². The van der Waals surface area contributed by atoms with E-state index in [1.807, 2.05) is 42.5 Å². The van der Waals surface area contributed by atoms with Crippen molar-refractivity contribution >= 4 is 34.9 Å². The zero-order valence-electron chi connectivity index (χ0n) is 14.6. The molecular formula is C21H19ClN2O3. The molecule has 6 heteroatoms. The first-order valence-corrected chi connectivity index (χ1v) is 9.28. The normalized spacial score (nSPS) is 21.9. The summed E-state index contributed by atoms with van der Waals surface area (Å²) >= 11 is 6.09. The first kappa shape index (κ1) is 17.6. The van der Waals surface area contributed by atoms with Crippen LogP contribution in [-0.2, 0) is 9.59 Å². The van der Waals surface area contributed by atoms with Gasteiger partial charge in [-0.1, -0.05) is 41.9 Å². The van der Waals surface area contributed by atoms with Crippen LogP contribution in [0.25, 0.3) is 0 Å². The Balaban J connectivity index is 1.72. The summed E-state index contributed by atoms with van der Waals surface area (Å²) in [4.78, 5) is 26.6. The average molecular weight is 383 g/mol. The summed E-state index contributed by atoms with van der Waals surface area (Å²) in [5.74, 6) is -1.28. The molecule has 2 N–H and O–H groups in total. The third kappa shape index (κ3) is 3.30. The van der Waals surface area contributed by atoms with E-state index in [2.05, 4.69) is 5.32 Å². The monoisotopic (exact) mass is 382 g/mol. The maximum atomic E-state index is 13.2. The van der Waals surface area contributed by atoms with E-state index in [4.69, 9.17) is 11.6 Å². The molecule has 4 rings (SSSR count). The van der Waals surface area contributed by atoms with Gasteiger partial charge in [0.15, 0.2) is 0 Å². The SMILES string of the molecule is O=C(O)C1CC(C2=CCCN(c3ccccc3)C2=O)c2ccc(Cl)cc2N1. The van der Waals surface area contributed by atoms with E-state index in [1.165, 1.54) is 0 Å². The molecule has 0 saturated heterocycles. The van der Waals surface area contributed by atoms with Crippen LogP contribution in [-0.4, -0.2) is 29.6 Å². The van der Waals surface area contributed by atoms with Crippen LogP contribution in [0.1, 0.15) is 24.3 Å². The number of anilines is 2. The number of nitrogens with one attached hydrogen (secondary N) is 1. The lowest BCUT2D eigenvalue weighted by Gasteiger charge is -2.36. The predicted octanol–water partition coefficient (Wildman–Crippen LogP) is 4.06. The smallest absolute Gasteiger partial charge is 0.326 e. The van der Waals surface area contributed by atoms with Crippen LogP contribution < -0.4 is 10.2 Å². The number of halogens is 1. The summed E-state index contributed by atoms with van der Waals surface area (Å²) in [5.41, 5.74) is 3.10. The molecule has 2 heterocycles. The van der Waals surface area contributed by atoms with Gasteiger partial charge in [-0.15, -0.1) is 0 Å². The van der Waals surface area contributed by atoms with Gasteiger partial charge in [-0.05, 0) is 42.7 Å². The quantitative estimate of drug-likeness (QED) is 0.840. The highest BCUT2D eigenvalue weighted by Crippen LogP contribution is 2.42. The fourth-order valence-electron chi connectivity index (χ4n) is 3.86. The molecule has 2 unspecified atom stereocenters. The van der Waals surface area contributed by atoms with Crippen molar-refractivity contribution in [1.82, 2.24) is 0 Å². The van der Waals surface area contributed by atoms with Crippen molar-refractivity contribution in [1.29, 1.82) is 0 Å². The summed E-state index contributed by atoms with van der Waals surface area (Å²) in [6.45, 7) is 0.618. The van der Waals surface area contributed by atoms with E-state index in [0.717, 1.165) is 17.7 Å². The van der Waals surface area contributed by atoms with Crippen molar-refractivity contribution in [3.05, 3.63) is 70.8 Å². The number of hydrogen-bond acceptors (Lipinski definition) is 3. The van der Waals surface area contributed by atoms with Crippen molar-refractivity contribution < 1.29 is 14.7 Å². The molecule has 0 saturated carbocycles. The molecule has 2 aromatic carbocycles. The topological polar surface area (TPSA) is 69.6 Å². The number of aliphatic carboxylic acids is 1. The highest BCUT2D eigenvalue weighted by atomic mass is 35.5. The summed E-state index contributed by atoms with van der Waals surface area (Å²) < 4.78 is 0. The lowest BCUT2D eigenvalue weighted by Crippen LogP contribution is -2.41. The van der Waals surface area contributed by atoms with E-state index in [1.54, 1.807) is 17.0 Å². The minimum absolute atomic E-state index is 0.0654. The Morgan fingerprint density at radius 1 is 1.19 bits per heavy atom. The highest BCUT2D eigenvalue weighted by Gasteiger charge is 2.37. The number of fused-ring (bicyclic) bond motifs is 1. The molecule has 2 aromatic rings. The number of amides is 1. The number of benzene rings is 2. The van der Waals surface area contributed by atoms with Gasteiger partial charge in [0.1, 0.15) is 6.04 Å². The molecule has 0 spiro atoms. The van der Waals surface area contributed by atoms with Gasteiger partial charge in [0.2, 0.25) is 0 Å². The van der Waals surface area contributed by atoms with Gasteiger partial charge >= 0.3 is 5.97 Å². The number of carbonyl (C=O) groups excluding carboxylic acids is 1. The maximum Gasteiger partial charge on any atom is 0.326 e. The Bertz CT molecular complexity index is 926. The second kappa shape index (κ2) is 7.08. The molecule has 0 bridgehead atoms. The van der Waals surface area contributed by atoms with Crippen molar-refractivity contribution in [3.63, 3.8) is 0 Å². The minimum atomic E-state index is -0.936. The van der Waals surface area contributed by atoms with E-state index in [0.29, 0.717) is 29.2 Å². The number of carboxylic acids is 1. The molecule has 0 fully saturated rings. The molecular weight excluding hydrogens is 364 g/mol. The van der Waals surface area contributed by atoms with Gasteiger partial charge in [-0.2, -0.15) is 0 Å². The van der Waals surface area contributed by atoms with Crippen LogP contribution in [0.3, 0.4) is 0 Å². The standard InChI is InChI=1S/C21H19ClN2O3/c22-13-8-9-15-17(12-19(21(26)27)23-18(15)11-13)16-7-4-10-24(20(16)25)14-5-2-1-3-6-14/h1-3,5-9,11,17,19,23H,4,10,12H2,(H,26,27). The number of rotatable bonds is 3. The fourth-order valence-corrected chi connectivity index (χ4v) is 4.04. The van der Waals surface area contributed by atoms with Gasteiger partial charge in [-0.25, -0.2) is 4.79 Å². The molecule has 138 valence electrons. The Kier molecular flexibility index (Phi) is 4.62. The Morgan fingerprint density at radius 3 is 2.70 bits per heavy atom. The summed E-state index contributed by atoms with van der Waals surface area (Å²) in [7, 11) is 0. The lowest BCUT2D eigenvalue weighted by molar-refractivity contribution is -0.138. The van der Waals surface area contributed by atoms with Crippen LogP contribution in [0.5, 0.6) is 0 Å². The van der Waals surface area contributed by atoms with E-state index >= 15 is 0 Å². The van der Waals surface area contributed by atoms with Crippen LogP contribution in [0, 0.1) is 0 Å². The maximum absolute atomic E-state index is 13.2. The van der Waals surface area contributed by atoms with E-state index in [-0.39, 0.29) is 11.8 Å². The number of nitrogens with zero attached hydrogens (tertiary/aromatic N) is 1. The Hall–Kier alpha value is -2.79. The van der Waals surface area contributed by atoms with Gasteiger partial charge in [-0.3, -0.25) is 4.79 Å². The van der Waals surface area contributed by atoms with Crippen molar-refractivity contribution in [2.75, 3.05) is 16.8 Å². The van der Waals surface area contributed by atoms with E-state index < -0.39 is 12.0 Å². The zero-order valence-corrected chi connectivity index (χ0v) is 15.3. The molecule has 27 heavy (non-hydrogen) atoms. The predicted molar refractivity (Wildman–Crippen MR) is 105 cm³/mol. The third-order valence-electron chi connectivity index (χ3n) is 5.14. The number of carboxylic acid groups (broad SMARTS) is 1. The summed E-state index contributed by atoms with van der Waals surface area (Å²) in [6, 6.07) is 14.2.